The molecule has 0 saturated carbocycles. The predicted octanol–water partition coefficient (Wildman–Crippen LogP) is 1.05. The second kappa shape index (κ2) is 4.29. The number of nitrogens with zero attached hydrogens (tertiary/aromatic N) is 5. The first kappa shape index (κ1) is 12.8. The highest BCUT2D eigenvalue weighted by Crippen LogP contribution is 2.25. The van der Waals surface area contributed by atoms with Crippen LogP contribution in [0.15, 0.2) is 29.1 Å². The van der Waals surface area contributed by atoms with Crippen LogP contribution in [0.2, 0.25) is 0 Å². The quantitative estimate of drug-likeness (QED) is 0.498. The van der Waals surface area contributed by atoms with E-state index in [1.165, 1.54) is 4.52 Å². The van der Waals surface area contributed by atoms with Gasteiger partial charge in [-0.1, -0.05) is 18.2 Å². The molecular formula is C15H7N7O. The summed E-state index contributed by atoms with van der Waals surface area (Å²) in [4.78, 5) is 19.2. The Morgan fingerprint density at radius 1 is 1.22 bits per heavy atom. The number of aromatic amines is 1. The molecule has 0 aliphatic rings. The lowest BCUT2D eigenvalue weighted by atomic mass is 10.1. The van der Waals surface area contributed by atoms with Crippen molar-refractivity contribution < 1.29 is 0 Å². The zero-order valence-corrected chi connectivity index (χ0v) is 11.5. The molecule has 3 aromatic heterocycles. The molecule has 0 bridgehead atoms. The zero-order chi connectivity index (χ0) is 16.1. The number of nitrogens with two attached hydrogens (primary N) is 1. The van der Waals surface area contributed by atoms with Gasteiger partial charge < -0.3 is 10.7 Å². The highest BCUT2D eigenvalue weighted by molar-refractivity contribution is 6.08. The van der Waals surface area contributed by atoms with Crippen molar-refractivity contribution in [1.82, 2.24) is 19.6 Å². The molecular weight excluding hydrogens is 294 g/mol. The maximum Gasteiger partial charge on any atom is 0.261 e. The molecule has 8 heteroatoms. The molecule has 108 valence electrons. The first-order valence-corrected chi connectivity index (χ1v) is 6.59. The lowest BCUT2D eigenvalue weighted by Gasteiger charge is -2.01. The third kappa shape index (κ3) is 1.54. The lowest BCUT2D eigenvalue weighted by Crippen LogP contribution is -2.08. The molecule has 4 aromatic rings. The number of fused-ring (bicyclic) bond motifs is 5. The Kier molecular flexibility index (Phi) is 2.39. The lowest BCUT2D eigenvalue weighted by molar-refractivity contribution is 0.935. The highest BCUT2D eigenvalue weighted by Gasteiger charge is 2.20. The second-order valence-electron chi connectivity index (χ2n) is 4.90. The molecule has 1 aromatic carbocycles. The SMILES string of the molecule is N#Cc1c(N)nc2c3c(=O)[nH]c4ccccc4c3nn2c1C#N. The number of rotatable bonds is 0. The van der Waals surface area contributed by atoms with Gasteiger partial charge in [0.05, 0.1) is 5.52 Å². The zero-order valence-electron chi connectivity index (χ0n) is 11.5. The second-order valence-corrected chi connectivity index (χ2v) is 4.90. The van der Waals surface area contributed by atoms with E-state index < -0.39 is 0 Å². The number of nitriles is 2. The molecule has 0 unspecified atom stereocenters. The van der Waals surface area contributed by atoms with Crippen molar-refractivity contribution in [3.63, 3.8) is 0 Å². The van der Waals surface area contributed by atoms with Gasteiger partial charge in [0.2, 0.25) is 0 Å². The van der Waals surface area contributed by atoms with E-state index in [9.17, 15) is 10.1 Å². The minimum atomic E-state index is -0.380. The van der Waals surface area contributed by atoms with Gasteiger partial charge in [-0.3, -0.25) is 4.79 Å². The van der Waals surface area contributed by atoms with Crippen molar-refractivity contribution >= 4 is 33.3 Å². The van der Waals surface area contributed by atoms with Crippen LogP contribution in [-0.4, -0.2) is 19.6 Å². The van der Waals surface area contributed by atoms with Crippen LogP contribution >= 0.6 is 0 Å². The molecule has 0 aliphatic heterocycles. The van der Waals surface area contributed by atoms with Crippen LogP contribution < -0.4 is 11.3 Å². The van der Waals surface area contributed by atoms with Gasteiger partial charge in [-0.05, 0) is 6.07 Å². The molecule has 3 N–H and O–H groups in total. The molecule has 3 heterocycles. The smallest absolute Gasteiger partial charge is 0.261 e. The van der Waals surface area contributed by atoms with Crippen LogP contribution in [0.5, 0.6) is 0 Å². The number of anilines is 1. The fourth-order valence-electron chi connectivity index (χ4n) is 2.66. The molecule has 0 radical (unpaired) electrons. The first-order chi connectivity index (χ1) is 11.2. The standard InChI is InChI=1S/C15H7N7O/c16-5-8-10(6-17)22-14(20-13(8)18)11-12(21-22)7-3-1-2-4-9(7)19-15(11)23/h1-4H,(H2,18,20)(H,19,23). The number of para-hydroxylation sites is 1. The Bertz CT molecular complexity index is 1270. The Hall–Kier alpha value is -3.91. The average molecular weight is 301 g/mol. The maximum absolute atomic E-state index is 12.4. The summed E-state index contributed by atoms with van der Waals surface area (Å²) in [5, 5.41) is 23.8. The highest BCUT2D eigenvalue weighted by atomic mass is 16.1. The van der Waals surface area contributed by atoms with Gasteiger partial charge in [-0.15, -0.1) is 0 Å². The van der Waals surface area contributed by atoms with Crippen LogP contribution in [0.25, 0.3) is 27.5 Å². The van der Waals surface area contributed by atoms with E-state index in [4.69, 9.17) is 11.0 Å². The van der Waals surface area contributed by atoms with Crippen LogP contribution in [0, 0.1) is 22.7 Å². The summed E-state index contributed by atoms with van der Waals surface area (Å²) < 4.78 is 1.20. The largest absolute Gasteiger partial charge is 0.382 e. The minimum absolute atomic E-state index is 0.0466. The van der Waals surface area contributed by atoms with Gasteiger partial charge in [0.15, 0.2) is 11.3 Å². The van der Waals surface area contributed by atoms with Crippen molar-refractivity contribution in [3.8, 4) is 12.1 Å². The van der Waals surface area contributed by atoms with Crippen molar-refractivity contribution in [2.75, 3.05) is 5.73 Å². The van der Waals surface area contributed by atoms with Gasteiger partial charge in [0, 0.05) is 5.39 Å². The molecule has 0 aliphatic carbocycles. The summed E-state index contributed by atoms with van der Waals surface area (Å²) in [6, 6.07) is 10.9. The number of hydrogen-bond acceptors (Lipinski definition) is 6. The minimum Gasteiger partial charge on any atom is -0.382 e. The van der Waals surface area contributed by atoms with E-state index in [-0.39, 0.29) is 33.7 Å². The summed E-state index contributed by atoms with van der Waals surface area (Å²) in [5.41, 5.74) is 6.44. The normalized spacial score (nSPS) is 10.9. The van der Waals surface area contributed by atoms with Crippen molar-refractivity contribution in [1.29, 1.82) is 10.5 Å². The summed E-state index contributed by atoms with van der Waals surface area (Å²) >= 11 is 0. The Morgan fingerprint density at radius 3 is 2.74 bits per heavy atom. The number of pyridine rings is 1. The first-order valence-electron chi connectivity index (χ1n) is 6.59. The number of benzene rings is 1. The van der Waals surface area contributed by atoms with Crippen molar-refractivity contribution in [2.24, 2.45) is 0 Å². The molecule has 0 fully saturated rings. The predicted molar refractivity (Wildman–Crippen MR) is 82.5 cm³/mol. The fraction of sp³-hybridized carbons (Fsp3) is 0. The van der Waals surface area contributed by atoms with E-state index in [0.29, 0.717) is 16.4 Å². The Labute approximate surface area is 128 Å². The van der Waals surface area contributed by atoms with Gasteiger partial charge in [-0.25, -0.2) is 9.50 Å². The van der Waals surface area contributed by atoms with E-state index in [0.717, 1.165) is 0 Å². The third-order valence-electron chi connectivity index (χ3n) is 3.67. The fourth-order valence-corrected chi connectivity index (χ4v) is 2.66. The average Bonchev–Trinajstić information content (AvgIpc) is 2.93. The summed E-state index contributed by atoms with van der Waals surface area (Å²) in [5.74, 6) is -0.106. The molecule has 0 amide bonds. The molecule has 0 spiro atoms. The number of hydrogen-bond donors (Lipinski definition) is 2. The maximum atomic E-state index is 12.4. The monoisotopic (exact) mass is 301 g/mol. The van der Waals surface area contributed by atoms with Gasteiger partial charge in [-0.2, -0.15) is 15.6 Å². The molecule has 23 heavy (non-hydrogen) atoms. The van der Waals surface area contributed by atoms with Gasteiger partial charge in [0.25, 0.3) is 5.56 Å². The summed E-state index contributed by atoms with van der Waals surface area (Å²) in [6.45, 7) is 0. The van der Waals surface area contributed by atoms with Crippen LogP contribution in [0.3, 0.4) is 0 Å². The number of aromatic nitrogens is 4. The van der Waals surface area contributed by atoms with Gasteiger partial charge >= 0.3 is 0 Å². The van der Waals surface area contributed by atoms with Crippen molar-refractivity contribution in [2.45, 2.75) is 0 Å². The van der Waals surface area contributed by atoms with E-state index in [2.05, 4.69) is 15.1 Å². The molecule has 0 saturated heterocycles. The Balaban J connectivity index is 2.38. The van der Waals surface area contributed by atoms with E-state index >= 15 is 0 Å². The molecule has 4 rings (SSSR count). The third-order valence-corrected chi connectivity index (χ3v) is 3.67. The topological polar surface area (TPSA) is 137 Å². The van der Waals surface area contributed by atoms with Crippen LogP contribution in [0.4, 0.5) is 5.82 Å². The van der Waals surface area contributed by atoms with Crippen molar-refractivity contribution in [3.05, 3.63) is 45.9 Å². The summed E-state index contributed by atoms with van der Waals surface area (Å²) in [7, 11) is 0. The van der Waals surface area contributed by atoms with E-state index in [1.54, 1.807) is 18.2 Å². The van der Waals surface area contributed by atoms with E-state index in [1.807, 2.05) is 18.2 Å². The molecule has 0 atom stereocenters. The number of H-pyrrole nitrogens is 1. The Morgan fingerprint density at radius 2 is 2.00 bits per heavy atom. The number of nitrogens with one attached hydrogen (secondary N) is 1. The number of nitrogen functional groups attached to an aromatic ring is 1. The van der Waals surface area contributed by atoms with Crippen LogP contribution in [-0.2, 0) is 0 Å². The van der Waals surface area contributed by atoms with Crippen LogP contribution in [0.1, 0.15) is 11.3 Å². The molecule has 8 nitrogen and oxygen atoms in total. The summed E-state index contributed by atoms with van der Waals surface area (Å²) in [6.07, 6.45) is 0. The van der Waals surface area contributed by atoms with Gasteiger partial charge in [0.1, 0.15) is 34.4 Å².